The van der Waals surface area contributed by atoms with E-state index in [-0.39, 0.29) is 12.1 Å². The molecule has 0 aromatic carbocycles. The predicted octanol–water partition coefficient (Wildman–Crippen LogP) is 0.730. The highest BCUT2D eigenvalue weighted by Crippen LogP contribution is 2.18. The van der Waals surface area contributed by atoms with Crippen LogP contribution in [0.25, 0.3) is 0 Å². The van der Waals surface area contributed by atoms with Crippen molar-refractivity contribution in [3.05, 3.63) is 0 Å². The van der Waals surface area contributed by atoms with Crippen LogP contribution in [-0.2, 0) is 4.74 Å². The highest BCUT2D eigenvalue weighted by atomic mass is 16.5. The van der Waals surface area contributed by atoms with Crippen molar-refractivity contribution in [2.45, 2.75) is 25.8 Å². The topological polar surface area (TPSA) is 50.4 Å². The molecule has 0 bridgehead atoms. The SMILES string of the molecule is CNC(=O)NC(C)C1CCOCC1. The summed E-state index contributed by atoms with van der Waals surface area (Å²) >= 11 is 0. The zero-order chi connectivity index (χ0) is 9.68. The molecule has 1 aliphatic heterocycles. The third-order valence-electron chi connectivity index (χ3n) is 2.56. The zero-order valence-corrected chi connectivity index (χ0v) is 8.30. The second-order valence-electron chi connectivity index (χ2n) is 3.46. The predicted molar refractivity (Wildman–Crippen MR) is 50.6 cm³/mol. The van der Waals surface area contributed by atoms with Gasteiger partial charge in [-0.2, -0.15) is 0 Å². The van der Waals surface area contributed by atoms with Crippen LogP contribution in [0.2, 0.25) is 0 Å². The summed E-state index contributed by atoms with van der Waals surface area (Å²) in [7, 11) is 1.63. The van der Waals surface area contributed by atoms with Crippen LogP contribution in [0.4, 0.5) is 4.79 Å². The van der Waals surface area contributed by atoms with Gasteiger partial charge >= 0.3 is 6.03 Å². The van der Waals surface area contributed by atoms with Gasteiger partial charge < -0.3 is 15.4 Å². The Kier molecular flexibility index (Phi) is 4.02. The van der Waals surface area contributed by atoms with Crippen LogP contribution >= 0.6 is 0 Å². The average molecular weight is 186 g/mol. The maximum atomic E-state index is 11.0. The van der Waals surface area contributed by atoms with Crippen LogP contribution < -0.4 is 10.6 Å². The van der Waals surface area contributed by atoms with E-state index in [9.17, 15) is 4.79 Å². The number of hydrogen-bond donors (Lipinski definition) is 2. The van der Waals surface area contributed by atoms with Crippen LogP contribution in [0.1, 0.15) is 19.8 Å². The molecule has 1 heterocycles. The summed E-state index contributed by atoms with van der Waals surface area (Å²) in [6, 6.07) is 0.142. The van der Waals surface area contributed by atoms with Gasteiger partial charge in [0.15, 0.2) is 0 Å². The first-order valence-electron chi connectivity index (χ1n) is 4.80. The highest BCUT2D eigenvalue weighted by molar-refractivity contribution is 5.73. The van der Waals surface area contributed by atoms with Gasteiger partial charge in [0.25, 0.3) is 0 Å². The molecule has 1 atom stereocenters. The van der Waals surface area contributed by atoms with Crippen molar-refractivity contribution in [3.63, 3.8) is 0 Å². The normalized spacial score (nSPS) is 20.8. The summed E-state index contributed by atoms with van der Waals surface area (Å²) < 4.78 is 5.25. The molecule has 0 radical (unpaired) electrons. The van der Waals surface area contributed by atoms with E-state index in [1.165, 1.54) is 0 Å². The summed E-state index contributed by atoms with van der Waals surface area (Å²) in [5, 5.41) is 5.45. The first-order valence-corrected chi connectivity index (χ1v) is 4.80. The van der Waals surface area contributed by atoms with Gasteiger partial charge in [-0.05, 0) is 25.7 Å². The summed E-state index contributed by atoms with van der Waals surface area (Å²) in [4.78, 5) is 11.0. The molecule has 0 spiro atoms. The van der Waals surface area contributed by atoms with Gasteiger partial charge in [-0.15, -0.1) is 0 Å². The van der Waals surface area contributed by atoms with E-state index < -0.39 is 0 Å². The van der Waals surface area contributed by atoms with Gasteiger partial charge in [-0.25, -0.2) is 4.79 Å². The molecule has 1 rings (SSSR count). The van der Waals surface area contributed by atoms with E-state index >= 15 is 0 Å². The highest BCUT2D eigenvalue weighted by Gasteiger charge is 2.21. The van der Waals surface area contributed by atoms with E-state index in [1.54, 1.807) is 7.05 Å². The molecule has 4 nitrogen and oxygen atoms in total. The molecule has 0 aromatic rings. The second kappa shape index (κ2) is 5.07. The Morgan fingerprint density at radius 2 is 2.08 bits per heavy atom. The largest absolute Gasteiger partial charge is 0.381 e. The minimum atomic E-state index is -0.0982. The van der Waals surface area contributed by atoms with Gasteiger partial charge in [0.1, 0.15) is 0 Å². The van der Waals surface area contributed by atoms with Crippen LogP contribution in [0.3, 0.4) is 0 Å². The quantitative estimate of drug-likeness (QED) is 0.668. The van der Waals surface area contributed by atoms with Crippen molar-refractivity contribution in [3.8, 4) is 0 Å². The Morgan fingerprint density at radius 1 is 1.46 bits per heavy atom. The van der Waals surface area contributed by atoms with Gasteiger partial charge in [0, 0.05) is 26.3 Å². The van der Waals surface area contributed by atoms with Gasteiger partial charge in [0.05, 0.1) is 0 Å². The summed E-state index contributed by atoms with van der Waals surface area (Å²) in [5.74, 6) is 0.561. The molecule has 2 amide bonds. The minimum absolute atomic E-state index is 0.0982. The maximum absolute atomic E-state index is 11.0. The van der Waals surface area contributed by atoms with E-state index in [4.69, 9.17) is 4.74 Å². The molecule has 0 saturated carbocycles. The lowest BCUT2D eigenvalue weighted by atomic mass is 9.93. The van der Waals surface area contributed by atoms with E-state index in [2.05, 4.69) is 10.6 Å². The Morgan fingerprint density at radius 3 is 2.62 bits per heavy atom. The van der Waals surface area contributed by atoms with Crippen molar-refractivity contribution in [2.75, 3.05) is 20.3 Å². The number of urea groups is 1. The molecule has 0 aliphatic carbocycles. The molecule has 4 heteroatoms. The standard InChI is InChI=1S/C9H18N2O2/c1-7(11-9(12)10-2)8-3-5-13-6-4-8/h7-8H,3-6H2,1-2H3,(H2,10,11,12). The molecular weight excluding hydrogens is 168 g/mol. The van der Waals surface area contributed by atoms with E-state index in [1.807, 2.05) is 6.92 Å². The van der Waals surface area contributed by atoms with E-state index in [0.717, 1.165) is 26.1 Å². The monoisotopic (exact) mass is 186 g/mol. The minimum Gasteiger partial charge on any atom is -0.381 e. The van der Waals surface area contributed by atoms with Crippen molar-refractivity contribution >= 4 is 6.03 Å². The number of ether oxygens (including phenoxy) is 1. The molecule has 1 saturated heterocycles. The number of carbonyl (C=O) groups excluding carboxylic acids is 1. The third-order valence-corrected chi connectivity index (χ3v) is 2.56. The van der Waals surface area contributed by atoms with E-state index in [0.29, 0.717) is 5.92 Å². The first kappa shape index (κ1) is 10.3. The van der Waals surface area contributed by atoms with Crippen molar-refractivity contribution in [2.24, 2.45) is 5.92 Å². The lowest BCUT2D eigenvalue weighted by Gasteiger charge is -2.28. The van der Waals surface area contributed by atoms with Crippen LogP contribution in [0.5, 0.6) is 0 Å². The molecule has 0 aromatic heterocycles. The van der Waals surface area contributed by atoms with Gasteiger partial charge in [-0.3, -0.25) is 0 Å². The molecule has 1 aliphatic rings. The van der Waals surface area contributed by atoms with Crippen LogP contribution in [-0.4, -0.2) is 32.3 Å². The lowest BCUT2D eigenvalue weighted by molar-refractivity contribution is 0.0571. The Balaban J connectivity index is 2.28. The molecule has 2 N–H and O–H groups in total. The molecular formula is C9H18N2O2. The summed E-state index contributed by atoms with van der Waals surface area (Å²) in [5.41, 5.74) is 0. The van der Waals surface area contributed by atoms with Crippen LogP contribution in [0.15, 0.2) is 0 Å². The fourth-order valence-corrected chi connectivity index (χ4v) is 1.61. The van der Waals surface area contributed by atoms with Crippen molar-refractivity contribution in [1.29, 1.82) is 0 Å². The first-order chi connectivity index (χ1) is 6.24. The van der Waals surface area contributed by atoms with Gasteiger partial charge in [-0.1, -0.05) is 0 Å². The number of carbonyl (C=O) groups is 1. The van der Waals surface area contributed by atoms with Crippen molar-refractivity contribution < 1.29 is 9.53 Å². The Hall–Kier alpha value is -0.770. The number of hydrogen-bond acceptors (Lipinski definition) is 2. The van der Waals surface area contributed by atoms with Crippen LogP contribution in [0, 0.1) is 5.92 Å². The summed E-state index contributed by atoms with van der Waals surface area (Å²) in [6.07, 6.45) is 2.09. The number of amides is 2. The molecule has 76 valence electrons. The smallest absolute Gasteiger partial charge is 0.314 e. The average Bonchev–Trinajstić information content (AvgIpc) is 2.19. The second-order valence-corrected chi connectivity index (χ2v) is 3.46. The fraction of sp³-hybridized carbons (Fsp3) is 0.889. The zero-order valence-electron chi connectivity index (χ0n) is 8.30. The Labute approximate surface area is 79.0 Å². The van der Waals surface area contributed by atoms with Crippen molar-refractivity contribution in [1.82, 2.24) is 10.6 Å². The molecule has 13 heavy (non-hydrogen) atoms. The molecule has 1 fully saturated rings. The van der Waals surface area contributed by atoms with Gasteiger partial charge in [0.2, 0.25) is 0 Å². The number of rotatable bonds is 2. The molecule has 1 unspecified atom stereocenters. The third kappa shape index (κ3) is 3.22. The Bertz CT molecular complexity index is 167. The lowest BCUT2D eigenvalue weighted by Crippen LogP contribution is -2.44. The summed E-state index contributed by atoms with van der Waals surface area (Å²) in [6.45, 7) is 3.69. The maximum Gasteiger partial charge on any atom is 0.314 e. The fourth-order valence-electron chi connectivity index (χ4n) is 1.61. The number of nitrogens with one attached hydrogen (secondary N) is 2.